The van der Waals surface area contributed by atoms with E-state index >= 15 is 0 Å². The van der Waals surface area contributed by atoms with Gasteiger partial charge < -0.3 is 5.73 Å². The molecule has 0 radical (unpaired) electrons. The van der Waals surface area contributed by atoms with Gasteiger partial charge in [-0.3, -0.25) is 4.39 Å². The van der Waals surface area contributed by atoms with Gasteiger partial charge in [-0.25, -0.2) is 0 Å². The summed E-state index contributed by atoms with van der Waals surface area (Å²) in [5, 5.41) is 0. The van der Waals surface area contributed by atoms with Crippen LogP contribution < -0.4 is 5.73 Å². The van der Waals surface area contributed by atoms with Gasteiger partial charge >= 0.3 is 0 Å². The molecule has 14 heavy (non-hydrogen) atoms. The van der Waals surface area contributed by atoms with E-state index in [2.05, 4.69) is 26.0 Å². The molecule has 0 saturated carbocycles. The first-order valence-electron chi connectivity index (χ1n) is 5.06. The predicted octanol–water partition coefficient (Wildman–Crippen LogP) is 3.17. The van der Waals surface area contributed by atoms with E-state index in [9.17, 15) is 4.39 Å². The smallest absolute Gasteiger partial charge is 0.0912 e. The van der Waals surface area contributed by atoms with E-state index in [-0.39, 0.29) is 12.7 Å². The fraction of sp³-hybridized carbons (Fsp3) is 0.500. The van der Waals surface area contributed by atoms with Crippen molar-refractivity contribution in [1.82, 2.24) is 0 Å². The Morgan fingerprint density at radius 2 is 1.93 bits per heavy atom. The molecular formula is C12H18FN. The predicted molar refractivity (Wildman–Crippen MR) is 58.1 cm³/mol. The van der Waals surface area contributed by atoms with Gasteiger partial charge in [-0.15, -0.1) is 0 Å². The molecule has 1 nitrogen and oxygen atoms in total. The third-order valence-electron chi connectivity index (χ3n) is 2.43. The van der Waals surface area contributed by atoms with Crippen LogP contribution in [0.15, 0.2) is 24.3 Å². The molecule has 1 aromatic carbocycles. The molecule has 1 aromatic rings. The van der Waals surface area contributed by atoms with Crippen LogP contribution in [0.1, 0.15) is 43.4 Å². The van der Waals surface area contributed by atoms with Crippen LogP contribution in [0, 0.1) is 0 Å². The highest BCUT2D eigenvalue weighted by Crippen LogP contribution is 2.20. The first-order chi connectivity index (χ1) is 6.65. The molecule has 0 heterocycles. The molecular weight excluding hydrogens is 177 g/mol. The number of alkyl halides is 1. The van der Waals surface area contributed by atoms with Gasteiger partial charge in [0.15, 0.2) is 0 Å². The zero-order valence-electron chi connectivity index (χ0n) is 8.83. The molecule has 0 aliphatic rings. The lowest BCUT2D eigenvalue weighted by molar-refractivity contribution is 0.441. The summed E-state index contributed by atoms with van der Waals surface area (Å²) in [6.45, 7) is 3.92. The van der Waals surface area contributed by atoms with Crippen molar-refractivity contribution in [1.29, 1.82) is 0 Å². The Labute approximate surface area is 85.1 Å². The molecule has 2 heteroatoms. The molecule has 0 unspecified atom stereocenters. The summed E-state index contributed by atoms with van der Waals surface area (Å²) in [5.41, 5.74) is 8.13. The standard InChI is InChI=1S/C12H18FN/c1-9(2)10-4-3-5-11(8-10)12(14)6-7-13/h3-5,8-9,12H,6-7,14H2,1-2H3/t12-/m0/s1. The van der Waals surface area contributed by atoms with Crippen LogP contribution in [0.5, 0.6) is 0 Å². The summed E-state index contributed by atoms with van der Waals surface area (Å²) < 4.78 is 12.1. The van der Waals surface area contributed by atoms with Crippen molar-refractivity contribution in [2.45, 2.75) is 32.2 Å². The van der Waals surface area contributed by atoms with Crippen molar-refractivity contribution >= 4 is 0 Å². The van der Waals surface area contributed by atoms with Crippen LogP contribution in [0.3, 0.4) is 0 Å². The van der Waals surface area contributed by atoms with Gasteiger partial charge in [0.25, 0.3) is 0 Å². The van der Waals surface area contributed by atoms with Gasteiger partial charge in [-0.2, -0.15) is 0 Å². The Bertz CT molecular complexity index is 283. The molecule has 0 saturated heterocycles. The second-order valence-electron chi connectivity index (χ2n) is 3.91. The quantitative estimate of drug-likeness (QED) is 0.784. The average molecular weight is 195 g/mol. The van der Waals surface area contributed by atoms with Gasteiger partial charge in [0, 0.05) is 6.04 Å². The van der Waals surface area contributed by atoms with Gasteiger partial charge in [0.05, 0.1) is 6.67 Å². The molecule has 0 amide bonds. The zero-order valence-corrected chi connectivity index (χ0v) is 8.83. The minimum absolute atomic E-state index is 0.168. The van der Waals surface area contributed by atoms with Crippen LogP contribution in [-0.4, -0.2) is 6.67 Å². The molecule has 1 rings (SSSR count). The number of nitrogens with two attached hydrogens (primary N) is 1. The maximum atomic E-state index is 12.1. The second kappa shape index (κ2) is 5.11. The van der Waals surface area contributed by atoms with Crippen LogP contribution in [0.4, 0.5) is 4.39 Å². The van der Waals surface area contributed by atoms with Crippen molar-refractivity contribution in [3.63, 3.8) is 0 Å². The van der Waals surface area contributed by atoms with Gasteiger partial charge in [0.2, 0.25) is 0 Å². The van der Waals surface area contributed by atoms with Crippen molar-refractivity contribution in [2.24, 2.45) is 5.73 Å². The zero-order chi connectivity index (χ0) is 10.6. The highest BCUT2D eigenvalue weighted by atomic mass is 19.1. The summed E-state index contributed by atoms with van der Waals surface area (Å²) in [5.74, 6) is 0.493. The topological polar surface area (TPSA) is 26.0 Å². The first-order valence-corrected chi connectivity index (χ1v) is 5.06. The highest BCUT2D eigenvalue weighted by Gasteiger charge is 2.07. The van der Waals surface area contributed by atoms with E-state index in [0.29, 0.717) is 12.3 Å². The first kappa shape index (κ1) is 11.2. The van der Waals surface area contributed by atoms with Crippen molar-refractivity contribution in [2.75, 3.05) is 6.67 Å². The molecule has 0 aliphatic carbocycles. The van der Waals surface area contributed by atoms with Gasteiger partial charge in [0.1, 0.15) is 0 Å². The van der Waals surface area contributed by atoms with Crippen LogP contribution in [-0.2, 0) is 0 Å². The number of hydrogen-bond donors (Lipinski definition) is 1. The summed E-state index contributed by atoms with van der Waals surface area (Å²) in [4.78, 5) is 0. The summed E-state index contributed by atoms with van der Waals surface area (Å²) in [7, 11) is 0. The van der Waals surface area contributed by atoms with Crippen LogP contribution >= 0.6 is 0 Å². The number of halogens is 1. The third-order valence-corrected chi connectivity index (χ3v) is 2.43. The van der Waals surface area contributed by atoms with E-state index in [1.165, 1.54) is 5.56 Å². The van der Waals surface area contributed by atoms with Gasteiger partial charge in [-0.1, -0.05) is 38.1 Å². The SMILES string of the molecule is CC(C)c1cccc([C@@H](N)CCF)c1. The lowest BCUT2D eigenvalue weighted by Crippen LogP contribution is -2.11. The van der Waals surface area contributed by atoms with E-state index < -0.39 is 0 Å². The lowest BCUT2D eigenvalue weighted by atomic mass is 9.97. The Kier molecular flexibility index (Phi) is 4.08. The fourth-order valence-electron chi connectivity index (χ4n) is 1.43. The maximum absolute atomic E-state index is 12.1. The number of hydrogen-bond acceptors (Lipinski definition) is 1. The Morgan fingerprint density at radius 1 is 1.29 bits per heavy atom. The molecule has 0 aliphatic heterocycles. The number of rotatable bonds is 4. The van der Waals surface area contributed by atoms with E-state index in [4.69, 9.17) is 5.73 Å². The van der Waals surface area contributed by atoms with Gasteiger partial charge in [-0.05, 0) is 23.5 Å². The maximum Gasteiger partial charge on any atom is 0.0912 e. The fourth-order valence-corrected chi connectivity index (χ4v) is 1.43. The highest BCUT2D eigenvalue weighted by molar-refractivity contribution is 5.27. The molecule has 0 aromatic heterocycles. The minimum Gasteiger partial charge on any atom is -0.324 e. The Morgan fingerprint density at radius 3 is 2.50 bits per heavy atom. The van der Waals surface area contributed by atoms with Crippen molar-refractivity contribution < 1.29 is 4.39 Å². The summed E-state index contributed by atoms with van der Waals surface area (Å²) in [6, 6.07) is 7.94. The van der Waals surface area contributed by atoms with E-state index in [1.54, 1.807) is 0 Å². The van der Waals surface area contributed by atoms with E-state index in [1.807, 2.05) is 12.1 Å². The molecule has 78 valence electrons. The van der Waals surface area contributed by atoms with Crippen LogP contribution in [0.25, 0.3) is 0 Å². The van der Waals surface area contributed by atoms with E-state index in [0.717, 1.165) is 5.56 Å². The second-order valence-corrected chi connectivity index (χ2v) is 3.91. The molecule has 0 spiro atoms. The third kappa shape index (κ3) is 2.81. The molecule has 1 atom stereocenters. The molecule has 0 fully saturated rings. The largest absolute Gasteiger partial charge is 0.324 e. The normalized spacial score (nSPS) is 13.2. The molecule has 2 N–H and O–H groups in total. The number of benzene rings is 1. The Hall–Kier alpha value is -0.890. The monoisotopic (exact) mass is 195 g/mol. The lowest BCUT2D eigenvalue weighted by Gasteiger charge is -2.12. The van der Waals surface area contributed by atoms with Crippen LogP contribution in [0.2, 0.25) is 0 Å². The molecule has 0 bridgehead atoms. The van der Waals surface area contributed by atoms with Crippen molar-refractivity contribution in [3.05, 3.63) is 35.4 Å². The Balaban J connectivity index is 2.82. The summed E-state index contributed by atoms with van der Waals surface area (Å²) in [6.07, 6.45) is 0.404. The average Bonchev–Trinajstić information content (AvgIpc) is 2.18. The van der Waals surface area contributed by atoms with Crippen molar-refractivity contribution in [3.8, 4) is 0 Å². The summed E-state index contributed by atoms with van der Waals surface area (Å²) >= 11 is 0. The minimum atomic E-state index is -0.354.